The summed E-state index contributed by atoms with van der Waals surface area (Å²) in [6.45, 7) is 5.20. The van der Waals surface area contributed by atoms with Gasteiger partial charge in [0.25, 0.3) is 0 Å². The van der Waals surface area contributed by atoms with E-state index in [1.54, 1.807) is 12.3 Å². The van der Waals surface area contributed by atoms with Crippen molar-refractivity contribution >= 4 is 11.8 Å². The molecule has 1 aliphatic heterocycles. The van der Waals surface area contributed by atoms with E-state index in [2.05, 4.69) is 32.4 Å². The fraction of sp³-hybridized carbons (Fsp3) is 0.259. The molecule has 3 N–H and O–H groups in total. The second-order valence-electron chi connectivity index (χ2n) is 8.81. The van der Waals surface area contributed by atoms with Crippen molar-refractivity contribution in [2.45, 2.75) is 19.1 Å². The lowest BCUT2D eigenvalue weighted by molar-refractivity contribution is -0.137. The molecule has 0 amide bonds. The molecule has 1 aliphatic rings. The summed E-state index contributed by atoms with van der Waals surface area (Å²) in [4.78, 5) is 14.7. The van der Waals surface area contributed by atoms with Crippen LogP contribution >= 0.6 is 0 Å². The third-order valence-corrected chi connectivity index (χ3v) is 6.28. The van der Waals surface area contributed by atoms with Crippen LogP contribution in [0, 0.1) is 0 Å². The molecule has 186 valence electrons. The van der Waals surface area contributed by atoms with Crippen molar-refractivity contribution in [3.63, 3.8) is 0 Å². The highest BCUT2D eigenvalue weighted by atomic mass is 19.4. The number of benzene rings is 2. The van der Waals surface area contributed by atoms with Gasteiger partial charge in [-0.3, -0.25) is 0 Å². The molecule has 0 bridgehead atoms. The zero-order valence-corrected chi connectivity index (χ0v) is 19.8. The number of pyridine rings is 1. The third kappa shape index (κ3) is 5.21. The molecular weight excluding hydrogens is 465 g/mol. The van der Waals surface area contributed by atoms with E-state index in [0.717, 1.165) is 49.4 Å². The molecule has 9 heteroatoms. The van der Waals surface area contributed by atoms with Gasteiger partial charge in [-0.1, -0.05) is 42.5 Å². The van der Waals surface area contributed by atoms with Crippen molar-refractivity contribution < 1.29 is 13.2 Å². The van der Waals surface area contributed by atoms with Crippen molar-refractivity contribution in [1.29, 1.82) is 0 Å². The Balaban J connectivity index is 1.53. The Morgan fingerprint density at radius 3 is 2.47 bits per heavy atom. The van der Waals surface area contributed by atoms with Gasteiger partial charge in [-0.05, 0) is 36.8 Å². The minimum Gasteiger partial charge on any atom is -0.364 e. The van der Waals surface area contributed by atoms with Gasteiger partial charge in [0.1, 0.15) is 5.82 Å². The molecule has 36 heavy (non-hydrogen) atoms. The zero-order valence-electron chi connectivity index (χ0n) is 19.8. The normalized spacial score (nSPS) is 15.1. The van der Waals surface area contributed by atoms with Crippen LogP contribution in [0.15, 0.2) is 72.9 Å². The number of imidazole rings is 1. The second-order valence-corrected chi connectivity index (χ2v) is 8.81. The highest BCUT2D eigenvalue weighted by Gasteiger charge is 2.31. The smallest absolute Gasteiger partial charge is 0.364 e. The van der Waals surface area contributed by atoms with Crippen LogP contribution in [0.4, 0.5) is 24.9 Å². The molecule has 0 spiro atoms. The maximum absolute atomic E-state index is 13.5. The molecule has 0 radical (unpaired) electrons. The standard InChI is InChI=1S/C27H27F3N6/c1-18(19-6-3-2-4-7-19)33-23-17-21(10-11-32-23)25-24(20-8-5-9-22(16-20)27(28,29)30)34-26(35-25)36-14-12-31-13-15-36/h2-11,16-18,31H,12-15H2,1H3,(H,32,33)(H,34,35)/t18-/m1/s1. The van der Waals surface area contributed by atoms with Gasteiger partial charge in [0, 0.05) is 49.5 Å². The molecule has 1 fully saturated rings. The molecule has 0 saturated carbocycles. The molecule has 5 rings (SSSR count). The molecule has 6 nitrogen and oxygen atoms in total. The van der Waals surface area contributed by atoms with Crippen molar-refractivity contribution in [3.05, 3.63) is 84.1 Å². The van der Waals surface area contributed by atoms with Crippen molar-refractivity contribution in [2.75, 3.05) is 36.4 Å². The molecule has 2 aromatic heterocycles. The molecule has 4 aromatic rings. The number of nitrogens with one attached hydrogen (secondary N) is 3. The van der Waals surface area contributed by atoms with E-state index < -0.39 is 11.7 Å². The van der Waals surface area contributed by atoms with E-state index in [1.165, 1.54) is 6.07 Å². The number of rotatable bonds is 6. The first-order chi connectivity index (χ1) is 17.4. The van der Waals surface area contributed by atoms with Crippen LogP contribution in [0.25, 0.3) is 22.5 Å². The van der Waals surface area contributed by atoms with Crippen molar-refractivity contribution in [3.8, 4) is 22.5 Å². The van der Waals surface area contributed by atoms with Crippen LogP contribution in [0.3, 0.4) is 0 Å². The Kier molecular flexibility index (Phi) is 6.65. The lowest BCUT2D eigenvalue weighted by Gasteiger charge is -2.26. The van der Waals surface area contributed by atoms with Crippen LogP contribution in [0.2, 0.25) is 0 Å². The van der Waals surface area contributed by atoms with Crippen LogP contribution in [0.5, 0.6) is 0 Å². The van der Waals surface area contributed by atoms with Crippen molar-refractivity contribution in [1.82, 2.24) is 20.3 Å². The Hall–Kier alpha value is -3.85. The first-order valence-electron chi connectivity index (χ1n) is 11.9. The van der Waals surface area contributed by atoms with Gasteiger partial charge in [-0.15, -0.1) is 0 Å². The van der Waals surface area contributed by atoms with Crippen molar-refractivity contribution in [2.24, 2.45) is 0 Å². The number of hydrogen-bond donors (Lipinski definition) is 3. The topological polar surface area (TPSA) is 68.9 Å². The average Bonchev–Trinajstić information content (AvgIpc) is 3.35. The number of piperazine rings is 1. The quantitative estimate of drug-likeness (QED) is 0.320. The van der Waals surface area contributed by atoms with Gasteiger partial charge < -0.3 is 20.5 Å². The summed E-state index contributed by atoms with van der Waals surface area (Å²) in [5.74, 6) is 1.31. The minimum absolute atomic E-state index is 0.0232. The van der Waals surface area contributed by atoms with E-state index in [0.29, 0.717) is 28.7 Å². The molecule has 1 atom stereocenters. The zero-order chi connectivity index (χ0) is 25.1. The van der Waals surface area contributed by atoms with Crippen LogP contribution in [-0.2, 0) is 6.18 Å². The van der Waals surface area contributed by atoms with E-state index in [4.69, 9.17) is 4.98 Å². The summed E-state index contributed by atoms with van der Waals surface area (Å²) in [6.07, 6.45) is -2.74. The summed E-state index contributed by atoms with van der Waals surface area (Å²) in [7, 11) is 0. The number of nitrogens with zero attached hydrogens (tertiary/aromatic N) is 3. The van der Waals surface area contributed by atoms with Gasteiger partial charge in [-0.2, -0.15) is 13.2 Å². The molecule has 3 heterocycles. The lowest BCUT2D eigenvalue weighted by Crippen LogP contribution is -2.44. The Morgan fingerprint density at radius 2 is 1.72 bits per heavy atom. The first-order valence-corrected chi connectivity index (χ1v) is 11.9. The summed E-state index contributed by atoms with van der Waals surface area (Å²) < 4.78 is 40.4. The number of alkyl halides is 3. The SMILES string of the molecule is C[C@@H](Nc1cc(-c2[nH]c(N3CCNCC3)nc2-c2cccc(C(F)(F)F)c2)ccn1)c1ccccc1. The summed E-state index contributed by atoms with van der Waals surface area (Å²) in [5, 5.41) is 6.72. The van der Waals surface area contributed by atoms with E-state index in [1.807, 2.05) is 42.5 Å². The number of aromatic amines is 1. The summed E-state index contributed by atoms with van der Waals surface area (Å²) >= 11 is 0. The van der Waals surface area contributed by atoms with Crippen LogP contribution in [-0.4, -0.2) is 41.1 Å². The highest BCUT2D eigenvalue weighted by Crippen LogP contribution is 2.37. The molecule has 0 aliphatic carbocycles. The Bertz CT molecular complexity index is 1310. The summed E-state index contributed by atoms with van der Waals surface area (Å²) in [5.41, 5.74) is 2.74. The number of anilines is 2. The number of H-pyrrole nitrogens is 1. The maximum Gasteiger partial charge on any atom is 0.416 e. The fourth-order valence-corrected chi connectivity index (χ4v) is 4.36. The number of hydrogen-bond acceptors (Lipinski definition) is 5. The Labute approximate surface area is 207 Å². The predicted octanol–water partition coefficient (Wildman–Crippen LogP) is 5.74. The predicted molar refractivity (Wildman–Crippen MR) is 136 cm³/mol. The van der Waals surface area contributed by atoms with Gasteiger partial charge >= 0.3 is 6.18 Å². The highest BCUT2D eigenvalue weighted by molar-refractivity contribution is 5.81. The average molecular weight is 493 g/mol. The van der Waals surface area contributed by atoms with Gasteiger partial charge in [0.05, 0.1) is 17.0 Å². The van der Waals surface area contributed by atoms with E-state index in [-0.39, 0.29) is 6.04 Å². The number of halogens is 3. The van der Waals surface area contributed by atoms with E-state index >= 15 is 0 Å². The second kappa shape index (κ2) is 10.0. The Morgan fingerprint density at radius 1 is 0.944 bits per heavy atom. The first kappa shape index (κ1) is 23.9. The maximum atomic E-state index is 13.5. The molecule has 1 saturated heterocycles. The van der Waals surface area contributed by atoms with Gasteiger partial charge in [0.15, 0.2) is 0 Å². The van der Waals surface area contributed by atoms with Crippen LogP contribution < -0.4 is 15.5 Å². The summed E-state index contributed by atoms with van der Waals surface area (Å²) in [6, 6.07) is 19.1. The van der Waals surface area contributed by atoms with Gasteiger partial charge in [-0.25, -0.2) is 9.97 Å². The molecule has 0 unspecified atom stereocenters. The molecular formula is C27H27F3N6. The lowest BCUT2D eigenvalue weighted by atomic mass is 10.0. The van der Waals surface area contributed by atoms with Gasteiger partial charge in [0.2, 0.25) is 5.95 Å². The minimum atomic E-state index is -4.44. The monoisotopic (exact) mass is 492 g/mol. The van der Waals surface area contributed by atoms with Crippen LogP contribution in [0.1, 0.15) is 24.1 Å². The fourth-order valence-electron chi connectivity index (χ4n) is 4.36. The molecule has 2 aromatic carbocycles. The number of aromatic nitrogens is 3. The largest absolute Gasteiger partial charge is 0.416 e. The van der Waals surface area contributed by atoms with E-state index in [9.17, 15) is 13.2 Å². The third-order valence-electron chi connectivity index (χ3n) is 6.28.